The van der Waals surface area contributed by atoms with Crippen molar-refractivity contribution in [2.24, 2.45) is 0 Å². The third kappa shape index (κ3) is 5.50. The second-order valence-corrected chi connectivity index (χ2v) is 10.2. The molecule has 1 aromatic rings. The highest BCUT2D eigenvalue weighted by Crippen LogP contribution is 2.78. The summed E-state index contributed by atoms with van der Waals surface area (Å²) in [6.07, 6.45) is 0. The van der Waals surface area contributed by atoms with E-state index in [0.717, 1.165) is 4.47 Å². The number of benzene rings is 1. The van der Waals surface area contributed by atoms with E-state index in [0.29, 0.717) is 5.56 Å². The molecule has 1 aromatic carbocycles. The molecule has 0 radical (unpaired) electrons. The molecule has 1 rings (SSSR count). The molecular weight excluding hydrogens is 418 g/mol. The summed E-state index contributed by atoms with van der Waals surface area (Å²) in [5, 5.41) is -1.14. The van der Waals surface area contributed by atoms with Crippen LogP contribution in [0.3, 0.4) is 0 Å². The van der Waals surface area contributed by atoms with Gasteiger partial charge in [-0.15, -0.1) is 0 Å². The standard InChI is InChI=1S/C15H25BrO6P2/c1-5-19-23(17,20-6-2)15(13-9-11-14(16)12-10-13)24(18,21-7-3)22-8-4/h9-12,15H,5-8H2,1-4H3. The normalized spacial score (nSPS) is 12.8. The van der Waals surface area contributed by atoms with Gasteiger partial charge in [-0.3, -0.25) is 9.13 Å². The maximum absolute atomic E-state index is 13.4. The van der Waals surface area contributed by atoms with Crippen molar-refractivity contribution in [3.05, 3.63) is 34.3 Å². The van der Waals surface area contributed by atoms with Gasteiger partial charge < -0.3 is 18.1 Å². The number of hydrogen-bond acceptors (Lipinski definition) is 6. The lowest BCUT2D eigenvalue weighted by Gasteiger charge is -2.31. The second kappa shape index (κ2) is 10.2. The fraction of sp³-hybridized carbons (Fsp3) is 0.600. The van der Waals surface area contributed by atoms with Crippen molar-refractivity contribution >= 4 is 31.1 Å². The smallest absolute Gasteiger partial charge is 0.308 e. The zero-order valence-electron chi connectivity index (χ0n) is 14.4. The molecule has 9 heteroatoms. The van der Waals surface area contributed by atoms with Gasteiger partial charge >= 0.3 is 15.2 Å². The van der Waals surface area contributed by atoms with Crippen LogP contribution in [0, 0.1) is 0 Å². The van der Waals surface area contributed by atoms with Gasteiger partial charge in [0.25, 0.3) is 0 Å². The molecule has 0 saturated carbocycles. The van der Waals surface area contributed by atoms with E-state index < -0.39 is 20.6 Å². The second-order valence-electron chi connectivity index (χ2n) is 4.68. The zero-order valence-corrected chi connectivity index (χ0v) is 17.8. The van der Waals surface area contributed by atoms with E-state index >= 15 is 0 Å². The van der Waals surface area contributed by atoms with E-state index in [9.17, 15) is 9.13 Å². The van der Waals surface area contributed by atoms with Gasteiger partial charge in [0, 0.05) is 4.47 Å². The van der Waals surface area contributed by atoms with Gasteiger partial charge in [-0.25, -0.2) is 0 Å². The Morgan fingerprint density at radius 1 is 0.792 bits per heavy atom. The van der Waals surface area contributed by atoms with Gasteiger partial charge in [-0.1, -0.05) is 28.1 Å². The predicted molar refractivity (Wildman–Crippen MR) is 98.6 cm³/mol. The fourth-order valence-electron chi connectivity index (χ4n) is 2.25. The number of halogens is 1. The Morgan fingerprint density at radius 3 is 1.42 bits per heavy atom. The fourth-order valence-corrected chi connectivity index (χ4v) is 7.93. The van der Waals surface area contributed by atoms with E-state index in [-0.39, 0.29) is 26.4 Å². The Bertz CT molecular complexity index is 542. The Labute approximate surface area is 152 Å². The average molecular weight is 443 g/mol. The van der Waals surface area contributed by atoms with Crippen LogP contribution in [-0.2, 0) is 27.2 Å². The van der Waals surface area contributed by atoms with Gasteiger partial charge in [0.2, 0.25) is 0 Å². The van der Waals surface area contributed by atoms with Crippen molar-refractivity contribution in [1.82, 2.24) is 0 Å². The van der Waals surface area contributed by atoms with E-state index in [1.807, 2.05) is 0 Å². The third-order valence-corrected chi connectivity index (χ3v) is 9.50. The Kier molecular flexibility index (Phi) is 9.39. The summed E-state index contributed by atoms with van der Waals surface area (Å²) in [5.74, 6) is 0. The number of hydrogen-bond donors (Lipinski definition) is 0. The van der Waals surface area contributed by atoms with E-state index in [1.54, 1.807) is 52.0 Å². The maximum Gasteiger partial charge on any atom is 0.350 e. The van der Waals surface area contributed by atoms with Crippen LogP contribution in [0.15, 0.2) is 28.7 Å². The summed E-state index contributed by atoms with van der Waals surface area (Å²) in [6, 6.07) is 6.97. The SMILES string of the molecule is CCOP(=O)(OCC)C(c1ccc(Br)cc1)P(=O)(OCC)OCC. The molecule has 0 fully saturated rings. The first-order valence-corrected chi connectivity index (χ1v) is 11.9. The van der Waals surface area contributed by atoms with Crippen molar-refractivity contribution in [2.75, 3.05) is 26.4 Å². The molecule has 0 aliphatic heterocycles. The van der Waals surface area contributed by atoms with E-state index in [1.165, 1.54) is 0 Å². The zero-order chi connectivity index (χ0) is 18.2. The van der Waals surface area contributed by atoms with E-state index in [2.05, 4.69) is 15.9 Å². The highest BCUT2D eigenvalue weighted by Gasteiger charge is 2.51. The molecule has 24 heavy (non-hydrogen) atoms. The van der Waals surface area contributed by atoms with Gasteiger partial charge in [0.1, 0.15) is 0 Å². The molecule has 0 amide bonds. The van der Waals surface area contributed by atoms with Gasteiger partial charge in [0.15, 0.2) is 5.40 Å². The summed E-state index contributed by atoms with van der Waals surface area (Å²) in [5.41, 5.74) is 0.522. The summed E-state index contributed by atoms with van der Waals surface area (Å²) in [4.78, 5) is 0. The van der Waals surface area contributed by atoms with Gasteiger partial charge in [-0.05, 0) is 45.4 Å². The molecule has 0 saturated heterocycles. The molecule has 6 nitrogen and oxygen atoms in total. The average Bonchev–Trinajstić information content (AvgIpc) is 2.50. The largest absolute Gasteiger partial charge is 0.350 e. The summed E-state index contributed by atoms with van der Waals surface area (Å²) in [6.45, 7) is 7.44. The lowest BCUT2D eigenvalue weighted by Crippen LogP contribution is -2.11. The minimum absolute atomic E-state index is 0.155. The molecular formula is C15H25BrO6P2. The van der Waals surface area contributed by atoms with Crippen molar-refractivity contribution in [2.45, 2.75) is 33.1 Å². The van der Waals surface area contributed by atoms with Crippen LogP contribution < -0.4 is 0 Å². The molecule has 0 aromatic heterocycles. The molecule has 138 valence electrons. The lowest BCUT2D eigenvalue weighted by molar-refractivity contribution is 0.195. The minimum Gasteiger partial charge on any atom is -0.308 e. The summed E-state index contributed by atoms with van der Waals surface area (Å²) in [7, 11) is -7.55. The van der Waals surface area contributed by atoms with Crippen LogP contribution in [0.1, 0.15) is 38.7 Å². The number of rotatable bonds is 11. The molecule has 0 aliphatic carbocycles. The summed E-state index contributed by atoms with van der Waals surface area (Å²) >= 11 is 3.36. The first kappa shape index (κ1) is 22.0. The van der Waals surface area contributed by atoms with Gasteiger partial charge in [-0.2, -0.15) is 0 Å². The maximum atomic E-state index is 13.4. The molecule has 0 N–H and O–H groups in total. The molecule has 0 spiro atoms. The first-order chi connectivity index (χ1) is 11.4. The third-order valence-electron chi connectivity index (χ3n) is 3.00. The minimum atomic E-state index is -3.78. The van der Waals surface area contributed by atoms with Crippen molar-refractivity contribution in [1.29, 1.82) is 0 Å². The Morgan fingerprint density at radius 2 is 1.12 bits per heavy atom. The Balaban J connectivity index is 3.51. The van der Waals surface area contributed by atoms with Crippen LogP contribution in [0.2, 0.25) is 0 Å². The van der Waals surface area contributed by atoms with Crippen molar-refractivity contribution in [3.8, 4) is 0 Å². The van der Waals surface area contributed by atoms with Crippen LogP contribution >= 0.6 is 31.1 Å². The van der Waals surface area contributed by atoms with Crippen molar-refractivity contribution < 1.29 is 27.2 Å². The van der Waals surface area contributed by atoms with Crippen LogP contribution in [-0.4, -0.2) is 26.4 Å². The van der Waals surface area contributed by atoms with Crippen LogP contribution in [0.4, 0.5) is 0 Å². The van der Waals surface area contributed by atoms with Crippen LogP contribution in [0.5, 0.6) is 0 Å². The van der Waals surface area contributed by atoms with Gasteiger partial charge in [0.05, 0.1) is 26.4 Å². The summed E-state index contributed by atoms with van der Waals surface area (Å²) < 4.78 is 49.4. The molecule has 0 atom stereocenters. The monoisotopic (exact) mass is 442 g/mol. The van der Waals surface area contributed by atoms with Crippen molar-refractivity contribution in [3.63, 3.8) is 0 Å². The molecule has 0 aliphatic rings. The highest BCUT2D eigenvalue weighted by atomic mass is 79.9. The molecule has 0 bridgehead atoms. The quantitative estimate of drug-likeness (QED) is 0.392. The van der Waals surface area contributed by atoms with Crippen LogP contribution in [0.25, 0.3) is 0 Å². The van der Waals surface area contributed by atoms with E-state index in [4.69, 9.17) is 18.1 Å². The Hall–Kier alpha value is -0.0000000000000000416. The molecule has 0 unspecified atom stereocenters. The highest BCUT2D eigenvalue weighted by molar-refractivity contribution is 9.10. The first-order valence-electron chi connectivity index (χ1n) is 7.89. The molecule has 0 heterocycles. The topological polar surface area (TPSA) is 71.1 Å². The predicted octanol–water partition coefficient (Wildman–Crippen LogP) is 5.98. The lowest BCUT2D eigenvalue weighted by atomic mass is 10.2.